The molecule has 0 fully saturated rings. The highest BCUT2D eigenvalue weighted by atomic mass is 16.4. The standard InChI is InChI=1S/C36H21NO7/c38-33(37(19-7-3-1-4-8-19)20-9-5-2-6-10-20)25-15-11-21-23-13-17-27(35(41)42)32-28(36(43)44)18-14-24(30(23)32)22-12-16-26(34(39)40)31(25)29(21)22/h1-18H,(H,39,40)(H,41,42)(H,43,44). The third-order valence-electron chi connectivity index (χ3n) is 8.06. The van der Waals surface area contributed by atoms with E-state index in [-0.39, 0.29) is 33.0 Å². The Hall–Kier alpha value is -6.28. The summed E-state index contributed by atoms with van der Waals surface area (Å²) in [5.74, 6) is -4.19. The number of fused-ring (bicyclic) bond motifs is 2. The summed E-state index contributed by atoms with van der Waals surface area (Å²) in [5, 5.41) is 33.7. The van der Waals surface area contributed by atoms with Crippen LogP contribution in [0.1, 0.15) is 41.4 Å². The zero-order chi connectivity index (χ0) is 30.7. The normalized spacial score (nSPS) is 11.4. The van der Waals surface area contributed by atoms with Gasteiger partial charge in [0.25, 0.3) is 5.91 Å². The van der Waals surface area contributed by atoms with E-state index in [1.807, 2.05) is 36.4 Å². The fraction of sp³-hybridized carbons (Fsp3) is 0. The lowest BCUT2D eigenvalue weighted by molar-refractivity contribution is 0.0685. The third kappa shape index (κ3) is 3.85. The maximum absolute atomic E-state index is 14.5. The quantitative estimate of drug-likeness (QED) is 0.135. The molecule has 0 saturated carbocycles. The number of amides is 1. The molecule has 0 aromatic heterocycles. The molecule has 0 aliphatic rings. The van der Waals surface area contributed by atoms with Crippen LogP contribution in [-0.2, 0) is 0 Å². The molecule has 0 bridgehead atoms. The molecule has 212 valence electrons. The van der Waals surface area contributed by atoms with Crippen molar-refractivity contribution in [1.29, 1.82) is 0 Å². The maximum atomic E-state index is 14.5. The minimum Gasteiger partial charge on any atom is -0.478 e. The predicted molar refractivity (Wildman–Crippen MR) is 168 cm³/mol. The van der Waals surface area contributed by atoms with Crippen molar-refractivity contribution in [2.75, 3.05) is 4.90 Å². The van der Waals surface area contributed by atoms with E-state index in [2.05, 4.69) is 0 Å². The van der Waals surface area contributed by atoms with Gasteiger partial charge in [0, 0.05) is 27.7 Å². The van der Waals surface area contributed by atoms with Crippen molar-refractivity contribution in [1.82, 2.24) is 0 Å². The molecule has 0 atom stereocenters. The SMILES string of the molecule is O=C(O)c1ccc2c3ccc(C(=O)O)c4c(C(=O)N(c5ccccc5)c5ccccc5)ccc(c5ccc(C(=O)O)c1c25)c43. The number of para-hydroxylation sites is 2. The maximum Gasteiger partial charge on any atom is 0.336 e. The van der Waals surface area contributed by atoms with Gasteiger partial charge in [-0.05, 0) is 80.8 Å². The number of nitrogens with zero attached hydrogens (tertiary/aromatic N) is 1. The molecule has 0 spiro atoms. The molecule has 3 N–H and O–H groups in total. The second-order valence-electron chi connectivity index (χ2n) is 10.4. The van der Waals surface area contributed by atoms with Crippen LogP contribution in [0.15, 0.2) is 109 Å². The van der Waals surface area contributed by atoms with Gasteiger partial charge >= 0.3 is 17.9 Å². The Kier molecular flexibility index (Phi) is 6.00. The minimum atomic E-state index is -1.27. The second kappa shape index (κ2) is 9.92. The fourth-order valence-corrected chi connectivity index (χ4v) is 6.26. The molecule has 7 aromatic carbocycles. The van der Waals surface area contributed by atoms with Gasteiger partial charge in [-0.25, -0.2) is 14.4 Å². The van der Waals surface area contributed by atoms with Gasteiger partial charge in [0.2, 0.25) is 0 Å². The minimum absolute atomic E-state index is 0.0703. The van der Waals surface area contributed by atoms with Crippen LogP contribution in [-0.4, -0.2) is 39.1 Å². The smallest absolute Gasteiger partial charge is 0.336 e. The van der Waals surface area contributed by atoms with E-state index >= 15 is 0 Å². The molecule has 44 heavy (non-hydrogen) atoms. The molecule has 0 aliphatic heterocycles. The zero-order valence-corrected chi connectivity index (χ0v) is 22.8. The number of anilines is 2. The Bertz CT molecular complexity index is 2220. The lowest BCUT2D eigenvalue weighted by Gasteiger charge is -2.25. The highest BCUT2D eigenvalue weighted by molar-refractivity contribution is 6.38. The number of aromatic carboxylic acids is 3. The summed E-state index contributed by atoms with van der Waals surface area (Å²) >= 11 is 0. The van der Waals surface area contributed by atoms with E-state index in [1.165, 1.54) is 23.1 Å². The van der Waals surface area contributed by atoms with E-state index in [1.54, 1.807) is 54.6 Å². The lowest BCUT2D eigenvalue weighted by atomic mass is 9.84. The van der Waals surface area contributed by atoms with Crippen LogP contribution in [0.4, 0.5) is 11.4 Å². The Labute approximate surface area is 248 Å². The number of benzene rings is 7. The molecule has 0 saturated heterocycles. The van der Waals surface area contributed by atoms with E-state index < -0.39 is 23.8 Å². The van der Waals surface area contributed by atoms with Crippen LogP contribution in [0.25, 0.3) is 43.1 Å². The third-order valence-corrected chi connectivity index (χ3v) is 8.06. The summed E-state index contributed by atoms with van der Waals surface area (Å²) in [4.78, 5) is 53.1. The summed E-state index contributed by atoms with van der Waals surface area (Å²) in [7, 11) is 0. The van der Waals surface area contributed by atoms with Gasteiger partial charge in [0.1, 0.15) is 0 Å². The largest absolute Gasteiger partial charge is 0.478 e. The molecule has 1 amide bonds. The highest BCUT2D eigenvalue weighted by Crippen LogP contribution is 2.44. The Morgan fingerprint density at radius 1 is 0.386 bits per heavy atom. The van der Waals surface area contributed by atoms with Gasteiger partial charge in [-0.1, -0.05) is 60.7 Å². The number of hydrogen-bond acceptors (Lipinski definition) is 4. The number of carboxylic acid groups (broad SMARTS) is 3. The molecule has 0 heterocycles. The first-order valence-electron chi connectivity index (χ1n) is 13.6. The van der Waals surface area contributed by atoms with Crippen LogP contribution < -0.4 is 4.90 Å². The van der Waals surface area contributed by atoms with Crippen LogP contribution in [0.3, 0.4) is 0 Å². The summed E-state index contributed by atoms with van der Waals surface area (Å²) in [6.45, 7) is 0. The predicted octanol–water partition coefficient (Wildman–Crippen LogP) is 7.81. The van der Waals surface area contributed by atoms with Crippen LogP contribution >= 0.6 is 0 Å². The first kappa shape index (κ1) is 26.6. The Balaban J connectivity index is 1.62. The lowest BCUT2D eigenvalue weighted by Crippen LogP contribution is -2.26. The van der Waals surface area contributed by atoms with E-state index in [9.17, 15) is 34.5 Å². The molecule has 8 nitrogen and oxygen atoms in total. The summed E-state index contributed by atoms with van der Waals surface area (Å²) < 4.78 is 0. The van der Waals surface area contributed by atoms with Gasteiger partial charge < -0.3 is 15.3 Å². The van der Waals surface area contributed by atoms with Gasteiger partial charge in [-0.15, -0.1) is 0 Å². The van der Waals surface area contributed by atoms with E-state index in [0.29, 0.717) is 43.7 Å². The Morgan fingerprint density at radius 3 is 1.05 bits per heavy atom. The monoisotopic (exact) mass is 579 g/mol. The molecule has 0 unspecified atom stereocenters. The van der Waals surface area contributed by atoms with Gasteiger partial charge in [0.05, 0.1) is 16.7 Å². The summed E-state index contributed by atoms with van der Waals surface area (Å²) in [5.41, 5.74) is 0.979. The molecular formula is C36H21NO7. The number of rotatable bonds is 6. The van der Waals surface area contributed by atoms with Crippen molar-refractivity contribution in [2.24, 2.45) is 0 Å². The van der Waals surface area contributed by atoms with E-state index in [4.69, 9.17) is 0 Å². The average molecular weight is 580 g/mol. The van der Waals surface area contributed by atoms with Crippen molar-refractivity contribution >= 4 is 78.3 Å². The van der Waals surface area contributed by atoms with Crippen LogP contribution in [0, 0.1) is 0 Å². The van der Waals surface area contributed by atoms with Crippen LogP contribution in [0.2, 0.25) is 0 Å². The zero-order valence-electron chi connectivity index (χ0n) is 22.8. The molecule has 0 radical (unpaired) electrons. The van der Waals surface area contributed by atoms with Gasteiger partial charge in [0.15, 0.2) is 0 Å². The molecule has 7 aromatic rings. The summed E-state index contributed by atoms with van der Waals surface area (Å²) in [6.07, 6.45) is 0. The number of carbonyl (C=O) groups excluding carboxylic acids is 1. The molecular weight excluding hydrogens is 558 g/mol. The Morgan fingerprint density at radius 2 is 0.705 bits per heavy atom. The molecule has 7 rings (SSSR count). The van der Waals surface area contributed by atoms with Crippen LogP contribution in [0.5, 0.6) is 0 Å². The van der Waals surface area contributed by atoms with Crippen molar-refractivity contribution in [3.8, 4) is 0 Å². The van der Waals surface area contributed by atoms with Gasteiger partial charge in [-0.3, -0.25) is 9.69 Å². The highest BCUT2D eigenvalue weighted by Gasteiger charge is 2.28. The number of hydrogen-bond donors (Lipinski definition) is 3. The first-order chi connectivity index (χ1) is 21.3. The van der Waals surface area contributed by atoms with Crippen molar-refractivity contribution in [3.05, 3.63) is 131 Å². The van der Waals surface area contributed by atoms with Crippen molar-refractivity contribution in [2.45, 2.75) is 0 Å². The number of carbonyl (C=O) groups is 4. The fourth-order valence-electron chi connectivity index (χ4n) is 6.26. The molecule has 0 aliphatic carbocycles. The van der Waals surface area contributed by atoms with E-state index in [0.717, 1.165) is 0 Å². The second-order valence-corrected chi connectivity index (χ2v) is 10.4. The average Bonchev–Trinajstić information content (AvgIpc) is 3.03. The molecule has 8 heteroatoms. The van der Waals surface area contributed by atoms with Crippen molar-refractivity contribution < 1.29 is 34.5 Å². The van der Waals surface area contributed by atoms with Gasteiger partial charge in [-0.2, -0.15) is 0 Å². The first-order valence-corrected chi connectivity index (χ1v) is 13.6. The topological polar surface area (TPSA) is 132 Å². The summed E-state index contributed by atoms with van der Waals surface area (Å²) in [6, 6.07) is 30.4. The van der Waals surface area contributed by atoms with Crippen molar-refractivity contribution in [3.63, 3.8) is 0 Å². The number of carboxylic acids is 3.